The van der Waals surface area contributed by atoms with Crippen molar-refractivity contribution >= 4 is 127 Å². The Morgan fingerprint density at radius 2 is 1.01 bits per heavy atom. The number of aromatic nitrogens is 1. The van der Waals surface area contributed by atoms with Crippen molar-refractivity contribution in [2.24, 2.45) is 0 Å². The number of anilines is 6. The smallest absolute Gasteiger partial charge is 0.264 e. The number of para-hydroxylation sites is 2. The SMILES string of the molecule is CC(C)(C)c1ccc(N2c3ccc(C(C)(C)C)cc3B3c4sc5ccc(C(C)(C)C)cc5c4N(c4ccc5c(c4)C(C)(C)CCC5(C)C)c4c3c2c2c3cccc5c6cccc7c4c2n(c53)c67)cc1. The summed E-state index contributed by atoms with van der Waals surface area (Å²) in [6.45, 7) is 31.1. The number of nitrogens with zero attached hydrogens (tertiary/aromatic N) is 3. The molecule has 6 heterocycles. The largest absolute Gasteiger partial charge is 0.311 e. The van der Waals surface area contributed by atoms with Crippen LogP contribution in [-0.2, 0) is 27.1 Å². The van der Waals surface area contributed by atoms with Crippen LogP contribution >= 0.6 is 11.3 Å². The minimum atomic E-state index is -0.0394. The normalized spacial score (nSPS) is 16.8. The minimum Gasteiger partial charge on any atom is -0.311 e. The summed E-state index contributed by atoms with van der Waals surface area (Å²) >= 11 is 2.03. The molecule has 1 aliphatic carbocycles. The summed E-state index contributed by atoms with van der Waals surface area (Å²) in [4.78, 5) is 5.49. The Morgan fingerprint density at radius 3 is 1.64 bits per heavy atom. The molecular weight excluding hydrogens is 854 g/mol. The Morgan fingerprint density at radius 1 is 0.478 bits per heavy atom. The van der Waals surface area contributed by atoms with Gasteiger partial charge in [-0.1, -0.05) is 163 Å². The molecule has 0 fully saturated rings. The highest BCUT2D eigenvalue weighted by Gasteiger charge is 2.49. The van der Waals surface area contributed by atoms with Crippen LogP contribution in [0.1, 0.15) is 131 Å². The first kappa shape index (κ1) is 41.9. The van der Waals surface area contributed by atoms with E-state index in [9.17, 15) is 0 Å². The molecule has 0 spiro atoms. The number of benzene rings is 7. The fourth-order valence-electron chi connectivity index (χ4n) is 13.4. The topological polar surface area (TPSA) is 10.9 Å². The summed E-state index contributed by atoms with van der Waals surface area (Å²) in [6.07, 6.45) is 2.36. The van der Waals surface area contributed by atoms with Gasteiger partial charge in [-0.05, 0) is 121 Å². The van der Waals surface area contributed by atoms with E-state index in [1.807, 2.05) is 11.3 Å². The minimum absolute atomic E-state index is 0.00218. The second kappa shape index (κ2) is 13.0. The molecule has 0 unspecified atom stereocenters. The third-order valence-electron chi connectivity index (χ3n) is 17.3. The first-order valence-electron chi connectivity index (χ1n) is 25.5. The van der Waals surface area contributed by atoms with Crippen LogP contribution in [0.25, 0.3) is 59.0 Å². The van der Waals surface area contributed by atoms with E-state index in [4.69, 9.17) is 0 Å². The maximum absolute atomic E-state index is 2.80. The summed E-state index contributed by atoms with van der Waals surface area (Å²) in [5.74, 6) is 0. The number of rotatable bonds is 2. The average Bonchev–Trinajstić information content (AvgIpc) is 4.05. The van der Waals surface area contributed by atoms with Crippen molar-refractivity contribution in [1.29, 1.82) is 0 Å². The van der Waals surface area contributed by atoms with Crippen LogP contribution < -0.4 is 25.5 Å². The monoisotopic (exact) mass is 915 g/mol. The number of hydrogen-bond acceptors (Lipinski definition) is 3. The van der Waals surface area contributed by atoms with Crippen molar-refractivity contribution in [3.8, 4) is 0 Å². The van der Waals surface area contributed by atoms with Gasteiger partial charge in [-0.3, -0.25) is 0 Å². The Labute approximate surface area is 411 Å². The third-order valence-corrected chi connectivity index (χ3v) is 18.6. The van der Waals surface area contributed by atoms with E-state index >= 15 is 0 Å². The maximum Gasteiger partial charge on any atom is 0.264 e. The molecule has 7 aromatic carbocycles. The van der Waals surface area contributed by atoms with Gasteiger partial charge in [0.25, 0.3) is 6.71 Å². The van der Waals surface area contributed by atoms with Crippen molar-refractivity contribution in [2.75, 3.05) is 9.80 Å². The lowest BCUT2D eigenvalue weighted by molar-refractivity contribution is 0.332. The second-order valence-corrected chi connectivity index (χ2v) is 26.7. The molecular formula is C64H62BN3S. The molecule has 14 rings (SSSR count). The van der Waals surface area contributed by atoms with Crippen LogP contribution in [0.5, 0.6) is 0 Å². The molecule has 3 nitrogen and oxygen atoms in total. The van der Waals surface area contributed by atoms with Crippen molar-refractivity contribution in [1.82, 2.24) is 4.40 Å². The molecule has 11 aromatic rings. The van der Waals surface area contributed by atoms with Crippen LogP contribution in [0.4, 0.5) is 34.1 Å². The van der Waals surface area contributed by atoms with E-state index < -0.39 is 0 Å². The van der Waals surface area contributed by atoms with Gasteiger partial charge in [-0.2, -0.15) is 0 Å². The van der Waals surface area contributed by atoms with Gasteiger partial charge in [-0.15, -0.1) is 11.3 Å². The van der Waals surface area contributed by atoms with E-state index in [-0.39, 0.29) is 33.8 Å². The molecule has 342 valence electrons. The summed E-state index contributed by atoms with van der Waals surface area (Å²) < 4.78 is 5.47. The summed E-state index contributed by atoms with van der Waals surface area (Å²) in [5, 5.41) is 9.48. The zero-order valence-electron chi connectivity index (χ0n) is 42.7. The number of thiophene rings is 1. The van der Waals surface area contributed by atoms with Crippen molar-refractivity contribution in [3.05, 3.63) is 143 Å². The first-order valence-corrected chi connectivity index (χ1v) is 26.3. The average molecular weight is 916 g/mol. The van der Waals surface area contributed by atoms with Crippen LogP contribution in [-0.4, -0.2) is 11.1 Å². The molecule has 0 saturated heterocycles. The Hall–Kier alpha value is -6.04. The van der Waals surface area contributed by atoms with E-state index in [2.05, 4.69) is 219 Å². The molecule has 0 radical (unpaired) electrons. The predicted molar refractivity (Wildman–Crippen MR) is 302 cm³/mol. The van der Waals surface area contributed by atoms with Crippen LogP contribution in [0.15, 0.2) is 115 Å². The highest BCUT2D eigenvalue weighted by molar-refractivity contribution is 7.33. The van der Waals surface area contributed by atoms with Gasteiger partial charge in [0, 0.05) is 64.2 Å². The van der Waals surface area contributed by atoms with Crippen molar-refractivity contribution in [3.63, 3.8) is 0 Å². The van der Waals surface area contributed by atoms with Crippen molar-refractivity contribution in [2.45, 2.75) is 130 Å². The van der Waals surface area contributed by atoms with Gasteiger partial charge in [0.05, 0.1) is 33.6 Å². The molecule has 0 bridgehead atoms. The molecule has 0 amide bonds. The fourth-order valence-corrected chi connectivity index (χ4v) is 14.7. The Bertz CT molecular complexity index is 3970. The molecule has 0 N–H and O–H groups in total. The van der Waals surface area contributed by atoms with Gasteiger partial charge in [-0.25, -0.2) is 0 Å². The van der Waals surface area contributed by atoms with Crippen LogP contribution in [0.3, 0.4) is 0 Å². The third kappa shape index (κ3) is 5.36. The quantitative estimate of drug-likeness (QED) is 0.160. The standard InChI is InChI=1S/C64H62BN3S/c1-60(2,3)35-20-24-38(25-21-35)66-48-28-22-37(62(7,8)9)33-47(48)65-52-57(66)50-42-18-14-16-40-41-17-15-19-43-51(56(50)68(53(40)42)54(41)43)58(52)67(39-26-27-45-46(34-39)64(12,13)31-30-63(45,10)11)55-44-32-36(61(4,5)6)23-29-49(44)69-59(55)65/h14-29,32-34H,30-31H2,1-13H3. The summed E-state index contributed by atoms with van der Waals surface area (Å²) in [7, 11) is 0. The molecule has 0 atom stereocenters. The van der Waals surface area contributed by atoms with E-state index in [1.54, 1.807) is 0 Å². The van der Waals surface area contributed by atoms with Crippen LogP contribution in [0, 0.1) is 0 Å². The zero-order valence-corrected chi connectivity index (χ0v) is 43.5. The summed E-state index contributed by atoms with van der Waals surface area (Å²) in [6, 6.07) is 46.3. The molecule has 4 aromatic heterocycles. The summed E-state index contributed by atoms with van der Waals surface area (Å²) in [5.41, 5.74) is 21.8. The van der Waals surface area contributed by atoms with Crippen LogP contribution in [0.2, 0.25) is 0 Å². The fraction of sp³-hybridized carbons (Fsp3) is 0.312. The molecule has 0 saturated carbocycles. The van der Waals surface area contributed by atoms with Gasteiger partial charge < -0.3 is 14.2 Å². The van der Waals surface area contributed by atoms with Gasteiger partial charge in [0.15, 0.2) is 0 Å². The second-order valence-electron chi connectivity index (χ2n) is 25.6. The first-order chi connectivity index (χ1) is 32.6. The number of fused-ring (bicyclic) bond motifs is 12. The predicted octanol–water partition coefficient (Wildman–Crippen LogP) is 16.4. The Kier molecular flexibility index (Phi) is 7.91. The maximum atomic E-state index is 2.80. The van der Waals surface area contributed by atoms with Gasteiger partial charge in [0.1, 0.15) is 0 Å². The lowest BCUT2D eigenvalue weighted by Gasteiger charge is -2.45. The van der Waals surface area contributed by atoms with E-state index in [0.29, 0.717) is 0 Å². The van der Waals surface area contributed by atoms with Gasteiger partial charge in [0.2, 0.25) is 0 Å². The zero-order chi connectivity index (χ0) is 47.8. The lowest BCUT2D eigenvalue weighted by Crippen LogP contribution is -2.60. The molecule has 5 heteroatoms. The molecule has 3 aliphatic rings. The number of hydrogen-bond donors (Lipinski definition) is 0. The highest BCUT2D eigenvalue weighted by Crippen LogP contribution is 2.59. The molecule has 2 aliphatic heterocycles. The highest BCUT2D eigenvalue weighted by atomic mass is 32.1. The van der Waals surface area contributed by atoms with Crippen molar-refractivity contribution < 1.29 is 0 Å². The molecule has 69 heavy (non-hydrogen) atoms. The Balaban J connectivity index is 1.22. The van der Waals surface area contributed by atoms with E-state index in [1.165, 1.54) is 149 Å². The van der Waals surface area contributed by atoms with E-state index in [0.717, 1.165) is 0 Å². The van der Waals surface area contributed by atoms with Gasteiger partial charge >= 0.3 is 0 Å². The lowest BCUT2D eigenvalue weighted by atomic mass is 9.35.